The molecule has 0 unspecified atom stereocenters. The van der Waals surface area contributed by atoms with Gasteiger partial charge in [0.15, 0.2) is 11.8 Å². The molecular weight excluding hydrogens is 783 g/mol. The average molecular weight is 821 g/mol. The summed E-state index contributed by atoms with van der Waals surface area (Å²) in [5.74, 6) is -2.76. The van der Waals surface area contributed by atoms with Crippen molar-refractivity contribution in [1.29, 1.82) is 5.41 Å². The van der Waals surface area contributed by atoms with Crippen molar-refractivity contribution in [2.75, 3.05) is 13.7 Å². The molecule has 6 rings (SSSR count). The third-order valence-electron chi connectivity index (χ3n) is 8.75. The number of alkyl halides is 5. The van der Waals surface area contributed by atoms with Crippen LogP contribution < -0.4 is 15.4 Å². The molecule has 14 nitrogen and oxygen atoms in total. The number of ether oxygens (including phenoxy) is 2. The number of nitrogens with one attached hydrogen (secondary N) is 3. The van der Waals surface area contributed by atoms with Crippen molar-refractivity contribution in [1.82, 2.24) is 35.3 Å². The maximum absolute atomic E-state index is 14.9. The van der Waals surface area contributed by atoms with E-state index >= 15 is 0 Å². The molecule has 2 amide bonds. The molecule has 1 aliphatic heterocycles. The van der Waals surface area contributed by atoms with E-state index in [4.69, 9.17) is 36.4 Å². The highest BCUT2D eigenvalue weighted by Gasteiger charge is 2.54. The number of hydrogen-bond donors (Lipinski definition) is 4. The van der Waals surface area contributed by atoms with E-state index in [9.17, 15) is 31.5 Å². The van der Waals surface area contributed by atoms with Gasteiger partial charge in [-0.2, -0.15) is 32.0 Å². The molecule has 1 aliphatic carbocycles. The molecule has 20 heteroatoms. The first-order valence-electron chi connectivity index (χ1n) is 17.3. The monoisotopic (exact) mass is 820 g/mol. The van der Waals surface area contributed by atoms with E-state index in [0.717, 1.165) is 12.8 Å². The van der Waals surface area contributed by atoms with Crippen LogP contribution >= 0.6 is 11.6 Å². The van der Waals surface area contributed by atoms with Crippen molar-refractivity contribution in [2.24, 2.45) is 5.41 Å². The third-order valence-corrected chi connectivity index (χ3v) is 9.08. The van der Waals surface area contributed by atoms with E-state index in [1.54, 1.807) is 48.5 Å². The van der Waals surface area contributed by atoms with E-state index in [2.05, 4.69) is 25.7 Å². The van der Waals surface area contributed by atoms with Gasteiger partial charge < -0.3 is 25.2 Å². The van der Waals surface area contributed by atoms with Crippen LogP contribution in [0.25, 0.3) is 22.5 Å². The minimum atomic E-state index is -5.08. The highest BCUT2D eigenvalue weighted by molar-refractivity contribution is 6.33. The molecule has 0 spiro atoms. The van der Waals surface area contributed by atoms with Gasteiger partial charge >= 0.3 is 24.8 Å². The number of carbonyl (C=O) groups excluding carboxylic acids is 2. The summed E-state index contributed by atoms with van der Waals surface area (Å²) in [4.78, 5) is 46.6. The molecule has 2 aromatic carbocycles. The number of halogens is 6. The number of methoxy groups -OCH3 is 1. The Labute approximate surface area is 327 Å². The number of hydrogen-bond acceptors (Lipinski definition) is 9. The van der Waals surface area contributed by atoms with Gasteiger partial charge in [0.1, 0.15) is 12.1 Å². The fourth-order valence-corrected chi connectivity index (χ4v) is 6.29. The number of nitrogens with zero attached hydrogens (tertiary/aromatic N) is 5. The Morgan fingerprint density at radius 3 is 2.33 bits per heavy atom. The summed E-state index contributed by atoms with van der Waals surface area (Å²) >= 11 is 6.62. The van der Waals surface area contributed by atoms with Crippen LogP contribution in [0.5, 0.6) is 5.88 Å². The Kier molecular flexibility index (Phi) is 12.4. The Bertz CT molecular complexity index is 2120. The topological polar surface area (TPSA) is 185 Å². The standard InChI is InChI=1S/C35H37ClF2N8O4.C2HF3O2/c1-34(2,3)19-35(23-8-5-20(6-9-23)22-16-41-45(17-22)31(37)38)30(47)46(32(39)44-35)27(18-50-33(48)42-24-10-11-24)21-7-12-26(36)25(15-21)29-40-14-13-28(43-29)49-4;3-2(4,5)1(6)7/h5-9,12-17,24,27,31H,10-11,18-19H2,1-4H3,(H2,39,44)(H,42,48);(H,6,7)/t27-,35-;/m1./s1. The molecule has 0 bridgehead atoms. The first kappa shape index (κ1) is 42.3. The number of carboxylic acids is 1. The van der Waals surface area contributed by atoms with Gasteiger partial charge in [0.25, 0.3) is 5.91 Å². The normalized spacial score (nSPS) is 17.4. The number of benzene rings is 2. The van der Waals surface area contributed by atoms with Crippen LogP contribution in [0.3, 0.4) is 0 Å². The van der Waals surface area contributed by atoms with Gasteiger partial charge in [-0.05, 0) is 53.5 Å². The van der Waals surface area contributed by atoms with Crippen LogP contribution in [-0.2, 0) is 19.9 Å². The highest BCUT2D eigenvalue weighted by Crippen LogP contribution is 2.43. The number of rotatable bonds is 11. The fraction of sp³-hybridized carbons (Fsp3) is 0.378. The van der Waals surface area contributed by atoms with E-state index in [1.165, 1.54) is 30.6 Å². The third kappa shape index (κ3) is 10.1. The largest absolute Gasteiger partial charge is 0.490 e. The molecule has 1 saturated carbocycles. The number of alkyl carbamates (subject to hydrolysis) is 1. The van der Waals surface area contributed by atoms with E-state index in [0.29, 0.717) is 49.8 Å². The van der Waals surface area contributed by atoms with E-state index in [-0.39, 0.29) is 24.4 Å². The summed E-state index contributed by atoms with van der Waals surface area (Å²) in [6.07, 6.45) is 0.446. The Morgan fingerprint density at radius 1 is 1.11 bits per heavy atom. The van der Waals surface area contributed by atoms with Crippen molar-refractivity contribution in [2.45, 2.75) is 70.4 Å². The van der Waals surface area contributed by atoms with Crippen molar-refractivity contribution in [3.05, 3.63) is 83.3 Å². The lowest BCUT2D eigenvalue weighted by Gasteiger charge is -2.35. The molecule has 4 aromatic rings. The lowest BCUT2D eigenvalue weighted by Crippen LogP contribution is -2.47. The molecule has 2 fully saturated rings. The van der Waals surface area contributed by atoms with Crippen LogP contribution in [0.1, 0.15) is 63.8 Å². The minimum absolute atomic E-state index is 0.0498. The van der Waals surface area contributed by atoms with Gasteiger partial charge in [-0.25, -0.2) is 19.3 Å². The predicted molar refractivity (Wildman–Crippen MR) is 195 cm³/mol. The van der Waals surface area contributed by atoms with E-state index in [1.807, 2.05) is 20.8 Å². The lowest BCUT2D eigenvalue weighted by atomic mass is 9.75. The first-order chi connectivity index (χ1) is 26.7. The van der Waals surface area contributed by atoms with Gasteiger partial charge in [-0.1, -0.05) is 62.7 Å². The zero-order valence-electron chi connectivity index (χ0n) is 30.9. The molecule has 57 heavy (non-hydrogen) atoms. The summed E-state index contributed by atoms with van der Waals surface area (Å²) < 4.78 is 69.6. The minimum Gasteiger partial charge on any atom is -0.481 e. The number of guanidine groups is 1. The van der Waals surface area contributed by atoms with E-state index < -0.39 is 47.7 Å². The van der Waals surface area contributed by atoms with Gasteiger partial charge in [-0.3, -0.25) is 15.1 Å². The Morgan fingerprint density at radius 2 is 1.77 bits per heavy atom. The number of carbonyl (C=O) groups is 3. The van der Waals surface area contributed by atoms with Gasteiger partial charge in [-0.15, -0.1) is 0 Å². The second-order valence-electron chi connectivity index (χ2n) is 14.4. The molecule has 0 radical (unpaired) electrons. The van der Waals surface area contributed by atoms with Crippen molar-refractivity contribution >= 4 is 35.5 Å². The maximum atomic E-state index is 14.9. The number of aliphatic carboxylic acids is 1. The van der Waals surface area contributed by atoms with Crippen molar-refractivity contribution in [3.8, 4) is 28.4 Å². The lowest BCUT2D eigenvalue weighted by molar-refractivity contribution is -0.192. The predicted octanol–water partition coefficient (Wildman–Crippen LogP) is 7.33. The summed E-state index contributed by atoms with van der Waals surface area (Å²) in [5, 5.41) is 26.3. The van der Waals surface area contributed by atoms with Crippen LogP contribution in [0.4, 0.5) is 26.7 Å². The van der Waals surface area contributed by atoms with Gasteiger partial charge in [0.2, 0.25) is 5.88 Å². The van der Waals surface area contributed by atoms with Crippen molar-refractivity contribution < 1.29 is 50.9 Å². The quantitative estimate of drug-likeness (QED) is 0.112. The van der Waals surface area contributed by atoms with Crippen LogP contribution in [-0.4, -0.2) is 79.6 Å². The molecule has 2 atom stereocenters. The van der Waals surface area contributed by atoms with Crippen LogP contribution in [0.15, 0.2) is 67.1 Å². The molecule has 4 N–H and O–H groups in total. The number of carboxylic acid groups (broad SMARTS) is 1. The van der Waals surface area contributed by atoms with Crippen LogP contribution in [0.2, 0.25) is 5.02 Å². The first-order valence-corrected chi connectivity index (χ1v) is 17.6. The second-order valence-corrected chi connectivity index (χ2v) is 14.8. The van der Waals surface area contributed by atoms with Crippen molar-refractivity contribution in [3.63, 3.8) is 0 Å². The second kappa shape index (κ2) is 16.7. The zero-order chi connectivity index (χ0) is 41.9. The molecule has 2 aromatic heterocycles. The SMILES string of the molecule is COc1ccnc(-c2cc([C@@H](COC(=O)NC3CC3)N3C(=N)N[C@](CC(C)(C)C)(c4ccc(-c5cnn(C(F)F)c5)cc4)C3=O)ccc2Cl)n1.O=C(O)C(F)(F)F. The van der Waals surface area contributed by atoms with Gasteiger partial charge in [0.05, 0.1) is 24.4 Å². The summed E-state index contributed by atoms with van der Waals surface area (Å²) in [7, 11) is 1.49. The molecule has 304 valence electrons. The molecule has 1 saturated heterocycles. The smallest absolute Gasteiger partial charge is 0.481 e. The summed E-state index contributed by atoms with van der Waals surface area (Å²) in [5.41, 5.74) is 0.875. The number of amides is 2. The molecule has 2 aliphatic rings. The average Bonchev–Trinajstić information content (AvgIpc) is 3.74. The summed E-state index contributed by atoms with van der Waals surface area (Å²) in [6, 6.07) is 12.7. The number of aromatic nitrogens is 4. The van der Waals surface area contributed by atoms with Crippen LogP contribution in [0, 0.1) is 10.8 Å². The summed E-state index contributed by atoms with van der Waals surface area (Å²) in [6.45, 7) is 2.93. The fourth-order valence-electron chi connectivity index (χ4n) is 6.09. The molecular formula is C37H38ClF5N8O6. The van der Waals surface area contributed by atoms with Gasteiger partial charge in [0, 0.05) is 35.6 Å². The molecule has 3 heterocycles. The Hall–Kier alpha value is -5.85. The Balaban J connectivity index is 0.000000811. The zero-order valence-corrected chi connectivity index (χ0v) is 31.7. The maximum Gasteiger partial charge on any atom is 0.490 e. The highest BCUT2D eigenvalue weighted by atomic mass is 35.5.